The second-order valence-corrected chi connectivity index (χ2v) is 5.59. The van der Waals surface area contributed by atoms with Crippen LogP contribution in [0, 0.1) is 0 Å². The highest BCUT2D eigenvalue weighted by Gasteiger charge is 2.29. The normalized spacial score (nSPS) is 14.8. The van der Waals surface area contributed by atoms with Gasteiger partial charge < -0.3 is 14.7 Å². The summed E-state index contributed by atoms with van der Waals surface area (Å²) in [7, 11) is 1.47. The first kappa shape index (κ1) is 15.4. The predicted octanol–water partition coefficient (Wildman–Crippen LogP) is 2.99. The van der Waals surface area contributed by atoms with Crippen LogP contribution in [0.1, 0.15) is 29.6 Å². The molecule has 1 aromatic rings. The number of hydrogen-bond acceptors (Lipinski definition) is 3. The summed E-state index contributed by atoms with van der Waals surface area (Å²) in [6.07, 6.45) is 3.07. The Hall–Kier alpha value is -0.970. The molecule has 1 saturated carbocycles. The van der Waals surface area contributed by atoms with E-state index >= 15 is 0 Å². The third-order valence-corrected chi connectivity index (χ3v) is 4.13. The summed E-state index contributed by atoms with van der Waals surface area (Å²) in [4.78, 5) is 14.2. The quantitative estimate of drug-likeness (QED) is 0.908. The summed E-state index contributed by atoms with van der Waals surface area (Å²) >= 11 is 12.1. The van der Waals surface area contributed by atoms with E-state index in [1.165, 1.54) is 7.11 Å². The van der Waals surface area contributed by atoms with E-state index in [1.807, 2.05) is 0 Å². The van der Waals surface area contributed by atoms with Crippen LogP contribution in [0.3, 0.4) is 0 Å². The molecular weight excluding hydrogens is 301 g/mol. The van der Waals surface area contributed by atoms with E-state index in [4.69, 9.17) is 33.0 Å². The van der Waals surface area contributed by atoms with Gasteiger partial charge in [0.05, 0.1) is 23.8 Å². The fourth-order valence-electron chi connectivity index (χ4n) is 2.30. The van der Waals surface area contributed by atoms with Crippen molar-refractivity contribution in [3.63, 3.8) is 0 Å². The highest BCUT2D eigenvalue weighted by Crippen LogP contribution is 2.35. The molecular formula is C14H17Cl2NO3. The SMILES string of the molecule is COc1c(Cl)cc(C(=O)N(CCO)C2CCC2)cc1Cl. The molecule has 0 aromatic heterocycles. The molecule has 0 atom stereocenters. The molecule has 0 saturated heterocycles. The molecule has 6 heteroatoms. The first-order valence-corrected chi connectivity index (χ1v) is 7.29. The molecule has 0 radical (unpaired) electrons. The molecule has 1 fully saturated rings. The second-order valence-electron chi connectivity index (χ2n) is 4.78. The van der Waals surface area contributed by atoms with Gasteiger partial charge in [-0.2, -0.15) is 0 Å². The number of aliphatic hydroxyl groups excluding tert-OH is 1. The first-order valence-electron chi connectivity index (χ1n) is 6.53. The minimum atomic E-state index is -0.157. The third-order valence-electron chi connectivity index (χ3n) is 3.57. The van der Waals surface area contributed by atoms with Crippen LogP contribution in [-0.2, 0) is 0 Å². The van der Waals surface area contributed by atoms with Crippen LogP contribution in [0.4, 0.5) is 0 Å². The minimum absolute atomic E-state index is 0.0557. The molecule has 0 spiro atoms. The Kier molecular flexibility index (Phi) is 5.13. The number of halogens is 2. The van der Waals surface area contributed by atoms with E-state index in [2.05, 4.69) is 0 Å². The van der Waals surface area contributed by atoms with Gasteiger partial charge in [-0.15, -0.1) is 0 Å². The number of rotatable bonds is 5. The Morgan fingerprint density at radius 1 is 1.40 bits per heavy atom. The highest BCUT2D eigenvalue weighted by atomic mass is 35.5. The van der Waals surface area contributed by atoms with E-state index in [0.717, 1.165) is 19.3 Å². The number of benzene rings is 1. The summed E-state index contributed by atoms with van der Waals surface area (Å²) < 4.78 is 5.07. The van der Waals surface area contributed by atoms with Gasteiger partial charge in [-0.25, -0.2) is 0 Å². The maximum atomic E-state index is 12.5. The van der Waals surface area contributed by atoms with Crippen molar-refractivity contribution in [1.82, 2.24) is 4.90 Å². The van der Waals surface area contributed by atoms with Crippen molar-refractivity contribution in [3.05, 3.63) is 27.7 Å². The zero-order valence-corrected chi connectivity index (χ0v) is 12.7. The van der Waals surface area contributed by atoms with Gasteiger partial charge in [0, 0.05) is 18.2 Å². The second kappa shape index (κ2) is 6.66. The topological polar surface area (TPSA) is 49.8 Å². The standard InChI is InChI=1S/C14H17Cl2NO3/c1-20-13-11(15)7-9(8-12(13)16)14(19)17(5-6-18)10-3-2-4-10/h7-8,10,18H,2-6H2,1H3. The zero-order valence-electron chi connectivity index (χ0n) is 11.2. The lowest BCUT2D eigenvalue weighted by molar-refractivity contribution is 0.0526. The number of amides is 1. The molecule has 1 aliphatic carbocycles. The van der Waals surface area contributed by atoms with Gasteiger partial charge in [0.15, 0.2) is 5.75 Å². The van der Waals surface area contributed by atoms with Crippen LogP contribution in [0.5, 0.6) is 5.75 Å². The van der Waals surface area contributed by atoms with E-state index in [0.29, 0.717) is 27.9 Å². The summed E-state index contributed by atoms with van der Waals surface area (Å²) in [6, 6.07) is 3.31. The van der Waals surface area contributed by atoms with Crippen LogP contribution in [0.2, 0.25) is 10.0 Å². The number of nitrogens with zero attached hydrogens (tertiary/aromatic N) is 1. The van der Waals surface area contributed by atoms with E-state index in [9.17, 15) is 4.79 Å². The smallest absolute Gasteiger partial charge is 0.254 e. The van der Waals surface area contributed by atoms with Gasteiger partial charge in [-0.05, 0) is 31.4 Å². The van der Waals surface area contributed by atoms with E-state index in [1.54, 1.807) is 17.0 Å². The number of carbonyl (C=O) groups is 1. The van der Waals surface area contributed by atoms with Crippen LogP contribution in [0.25, 0.3) is 0 Å². The highest BCUT2D eigenvalue weighted by molar-refractivity contribution is 6.37. The van der Waals surface area contributed by atoms with Crippen molar-refractivity contribution in [2.75, 3.05) is 20.3 Å². The zero-order chi connectivity index (χ0) is 14.7. The van der Waals surface area contributed by atoms with Crippen molar-refractivity contribution < 1.29 is 14.6 Å². The maximum Gasteiger partial charge on any atom is 0.254 e. The van der Waals surface area contributed by atoms with Gasteiger partial charge in [-0.3, -0.25) is 4.79 Å². The van der Waals surface area contributed by atoms with Crippen molar-refractivity contribution in [2.45, 2.75) is 25.3 Å². The molecule has 0 heterocycles. The Bertz CT molecular complexity index is 480. The fraction of sp³-hybridized carbons (Fsp3) is 0.500. The average molecular weight is 318 g/mol. The summed E-state index contributed by atoms with van der Waals surface area (Å²) in [6.45, 7) is 0.268. The van der Waals surface area contributed by atoms with Gasteiger partial charge >= 0.3 is 0 Å². The van der Waals surface area contributed by atoms with Crippen LogP contribution >= 0.6 is 23.2 Å². The molecule has 4 nitrogen and oxygen atoms in total. The summed E-state index contributed by atoms with van der Waals surface area (Å²) in [5.41, 5.74) is 0.418. The molecule has 20 heavy (non-hydrogen) atoms. The lowest BCUT2D eigenvalue weighted by Crippen LogP contribution is -2.45. The van der Waals surface area contributed by atoms with Gasteiger partial charge in [0.1, 0.15) is 0 Å². The van der Waals surface area contributed by atoms with Gasteiger partial charge in [0.25, 0.3) is 5.91 Å². The molecule has 110 valence electrons. The lowest BCUT2D eigenvalue weighted by atomic mass is 9.91. The number of methoxy groups -OCH3 is 1. The molecule has 1 aliphatic rings. The van der Waals surface area contributed by atoms with E-state index < -0.39 is 0 Å². The fourth-order valence-corrected chi connectivity index (χ4v) is 2.94. The number of ether oxygens (including phenoxy) is 1. The van der Waals surface area contributed by atoms with Gasteiger partial charge in [0.2, 0.25) is 0 Å². The minimum Gasteiger partial charge on any atom is -0.494 e. The maximum absolute atomic E-state index is 12.5. The predicted molar refractivity (Wildman–Crippen MR) is 78.8 cm³/mol. The van der Waals surface area contributed by atoms with Crippen molar-refractivity contribution >= 4 is 29.1 Å². The molecule has 0 bridgehead atoms. The third kappa shape index (κ3) is 3.03. The molecule has 0 unspecified atom stereocenters. The molecule has 1 N–H and O–H groups in total. The Morgan fingerprint density at radius 2 is 2.00 bits per heavy atom. The van der Waals surface area contributed by atoms with Crippen LogP contribution in [0.15, 0.2) is 12.1 Å². The Labute approximate surface area is 128 Å². The summed E-state index contributed by atoms with van der Waals surface area (Å²) in [5, 5.41) is 9.74. The number of aliphatic hydroxyl groups is 1. The van der Waals surface area contributed by atoms with Crippen molar-refractivity contribution in [3.8, 4) is 5.75 Å². The molecule has 2 rings (SSSR count). The molecule has 1 aromatic carbocycles. The monoisotopic (exact) mass is 317 g/mol. The Balaban J connectivity index is 2.26. The number of hydrogen-bond donors (Lipinski definition) is 1. The molecule has 1 amide bonds. The van der Waals surface area contributed by atoms with Crippen molar-refractivity contribution in [2.24, 2.45) is 0 Å². The van der Waals surface area contributed by atoms with Crippen molar-refractivity contribution in [1.29, 1.82) is 0 Å². The lowest BCUT2D eigenvalue weighted by Gasteiger charge is -2.37. The van der Waals surface area contributed by atoms with E-state index in [-0.39, 0.29) is 18.6 Å². The largest absolute Gasteiger partial charge is 0.494 e. The number of carbonyl (C=O) groups excluding carboxylic acids is 1. The first-order chi connectivity index (χ1) is 9.58. The van der Waals surface area contributed by atoms with Crippen LogP contribution < -0.4 is 4.74 Å². The summed E-state index contributed by atoms with van der Waals surface area (Å²) in [5.74, 6) is 0.206. The average Bonchev–Trinajstić information content (AvgIpc) is 2.35. The van der Waals surface area contributed by atoms with Crippen LogP contribution in [-0.4, -0.2) is 42.2 Å². The van der Waals surface area contributed by atoms with Gasteiger partial charge in [-0.1, -0.05) is 23.2 Å². The molecule has 0 aliphatic heterocycles. The Morgan fingerprint density at radius 3 is 2.40 bits per heavy atom.